The smallest absolute Gasteiger partial charge is 0.228 e. The lowest BCUT2D eigenvalue weighted by atomic mass is 9.89. The fraction of sp³-hybridized carbons (Fsp3) is 0.571. The molecule has 2 rings (SSSR count). The SMILES string of the molecule is CN(Cc1ccccc1)C1CCCCC1[N+](=O)[O-]. The van der Waals surface area contributed by atoms with Crippen molar-refractivity contribution >= 4 is 0 Å². The second-order valence-electron chi connectivity index (χ2n) is 5.11. The van der Waals surface area contributed by atoms with Crippen molar-refractivity contribution in [2.45, 2.75) is 44.3 Å². The molecule has 1 aliphatic rings. The van der Waals surface area contributed by atoms with E-state index < -0.39 is 6.04 Å². The summed E-state index contributed by atoms with van der Waals surface area (Å²) < 4.78 is 0. The van der Waals surface area contributed by atoms with Crippen molar-refractivity contribution < 1.29 is 4.92 Å². The van der Waals surface area contributed by atoms with E-state index in [0.29, 0.717) is 0 Å². The molecule has 18 heavy (non-hydrogen) atoms. The zero-order chi connectivity index (χ0) is 13.0. The number of nitrogens with zero attached hydrogens (tertiary/aromatic N) is 2. The monoisotopic (exact) mass is 248 g/mol. The van der Waals surface area contributed by atoms with Gasteiger partial charge in [-0.25, -0.2) is 0 Å². The highest BCUT2D eigenvalue weighted by atomic mass is 16.6. The van der Waals surface area contributed by atoms with Crippen LogP contribution in [0.4, 0.5) is 0 Å². The number of hydrogen-bond donors (Lipinski definition) is 0. The molecule has 0 aliphatic heterocycles. The summed E-state index contributed by atoms with van der Waals surface area (Å²) in [7, 11) is 2.00. The molecule has 4 nitrogen and oxygen atoms in total. The Morgan fingerprint density at radius 3 is 2.61 bits per heavy atom. The molecule has 0 bridgehead atoms. The van der Waals surface area contributed by atoms with Crippen molar-refractivity contribution in [3.63, 3.8) is 0 Å². The first-order chi connectivity index (χ1) is 8.68. The summed E-state index contributed by atoms with van der Waals surface area (Å²) >= 11 is 0. The molecule has 0 radical (unpaired) electrons. The summed E-state index contributed by atoms with van der Waals surface area (Å²) in [6.07, 6.45) is 3.75. The van der Waals surface area contributed by atoms with Gasteiger partial charge in [0.15, 0.2) is 0 Å². The zero-order valence-corrected chi connectivity index (χ0v) is 10.8. The van der Waals surface area contributed by atoms with Crippen LogP contribution in [-0.4, -0.2) is 29.0 Å². The van der Waals surface area contributed by atoms with Crippen LogP contribution in [0.15, 0.2) is 30.3 Å². The third-order valence-electron chi connectivity index (χ3n) is 3.81. The Balaban J connectivity index is 2.02. The summed E-state index contributed by atoms with van der Waals surface area (Å²) in [6.45, 7) is 0.788. The standard InChI is InChI=1S/C14H20N2O2/c1-15(11-12-7-3-2-4-8-12)13-9-5-6-10-14(13)16(17)18/h2-4,7-8,13-14H,5-6,9-11H2,1H3. The predicted molar refractivity (Wildman–Crippen MR) is 70.9 cm³/mol. The first-order valence-electron chi connectivity index (χ1n) is 6.56. The van der Waals surface area contributed by atoms with E-state index >= 15 is 0 Å². The van der Waals surface area contributed by atoms with Gasteiger partial charge in [-0.3, -0.25) is 15.0 Å². The molecule has 1 aromatic rings. The lowest BCUT2D eigenvalue weighted by Gasteiger charge is -2.33. The molecular formula is C14H20N2O2. The highest BCUT2D eigenvalue weighted by Gasteiger charge is 2.36. The zero-order valence-electron chi connectivity index (χ0n) is 10.8. The molecule has 0 aromatic heterocycles. The first-order valence-corrected chi connectivity index (χ1v) is 6.56. The van der Waals surface area contributed by atoms with E-state index in [2.05, 4.69) is 17.0 Å². The van der Waals surface area contributed by atoms with Crippen LogP contribution in [0.25, 0.3) is 0 Å². The van der Waals surface area contributed by atoms with Crippen LogP contribution in [0.2, 0.25) is 0 Å². The normalized spacial score (nSPS) is 24.1. The van der Waals surface area contributed by atoms with Gasteiger partial charge in [0.2, 0.25) is 6.04 Å². The van der Waals surface area contributed by atoms with E-state index in [1.807, 2.05) is 25.2 Å². The average Bonchev–Trinajstić information content (AvgIpc) is 2.40. The van der Waals surface area contributed by atoms with Crippen LogP contribution < -0.4 is 0 Å². The quantitative estimate of drug-likeness (QED) is 0.608. The molecule has 1 fully saturated rings. The lowest BCUT2D eigenvalue weighted by molar-refractivity contribution is -0.533. The fourth-order valence-corrected chi connectivity index (χ4v) is 2.84. The number of likely N-dealkylation sites (N-methyl/N-ethyl adjacent to an activating group) is 1. The van der Waals surface area contributed by atoms with E-state index in [1.54, 1.807) is 0 Å². The van der Waals surface area contributed by atoms with Crippen molar-refractivity contribution in [2.75, 3.05) is 7.05 Å². The summed E-state index contributed by atoms with van der Waals surface area (Å²) in [5, 5.41) is 11.1. The Kier molecular flexibility index (Phi) is 4.31. The van der Waals surface area contributed by atoms with Crippen LogP contribution in [0.5, 0.6) is 0 Å². The maximum Gasteiger partial charge on any atom is 0.228 e. The molecule has 0 heterocycles. The summed E-state index contributed by atoms with van der Waals surface area (Å²) in [4.78, 5) is 13.1. The second kappa shape index (κ2) is 5.96. The number of nitro groups is 1. The van der Waals surface area contributed by atoms with Crippen molar-refractivity contribution in [1.82, 2.24) is 4.90 Å². The molecule has 1 aliphatic carbocycles. The van der Waals surface area contributed by atoms with Gasteiger partial charge in [-0.2, -0.15) is 0 Å². The third-order valence-corrected chi connectivity index (χ3v) is 3.81. The van der Waals surface area contributed by atoms with E-state index in [0.717, 1.165) is 32.2 Å². The molecule has 2 unspecified atom stereocenters. The molecule has 2 atom stereocenters. The number of hydrogen-bond acceptors (Lipinski definition) is 3. The maximum atomic E-state index is 11.1. The molecule has 0 N–H and O–H groups in total. The molecule has 0 spiro atoms. The van der Waals surface area contributed by atoms with Gasteiger partial charge in [0.25, 0.3) is 0 Å². The summed E-state index contributed by atoms with van der Waals surface area (Å²) in [5.74, 6) is 0. The molecule has 1 aromatic carbocycles. The van der Waals surface area contributed by atoms with Gasteiger partial charge in [0, 0.05) is 17.9 Å². The Labute approximate surface area is 108 Å². The molecule has 98 valence electrons. The predicted octanol–water partition coefficient (Wildman–Crippen LogP) is 2.71. The third kappa shape index (κ3) is 3.07. The van der Waals surface area contributed by atoms with Gasteiger partial charge in [0.1, 0.15) is 0 Å². The largest absolute Gasteiger partial charge is 0.293 e. The van der Waals surface area contributed by atoms with Gasteiger partial charge >= 0.3 is 0 Å². The average molecular weight is 248 g/mol. The molecule has 0 saturated heterocycles. The van der Waals surface area contributed by atoms with Gasteiger partial charge < -0.3 is 0 Å². The van der Waals surface area contributed by atoms with Crippen LogP contribution in [0, 0.1) is 10.1 Å². The van der Waals surface area contributed by atoms with Crippen molar-refractivity contribution in [3.8, 4) is 0 Å². The molecule has 0 amide bonds. The van der Waals surface area contributed by atoms with Crippen LogP contribution >= 0.6 is 0 Å². The fourth-order valence-electron chi connectivity index (χ4n) is 2.84. The van der Waals surface area contributed by atoms with Gasteiger partial charge in [0.05, 0.1) is 6.04 Å². The minimum absolute atomic E-state index is 0.0777. The number of benzene rings is 1. The Morgan fingerprint density at radius 2 is 1.94 bits per heavy atom. The number of rotatable bonds is 4. The van der Waals surface area contributed by atoms with E-state index in [4.69, 9.17) is 0 Å². The van der Waals surface area contributed by atoms with E-state index in [9.17, 15) is 10.1 Å². The van der Waals surface area contributed by atoms with E-state index in [1.165, 1.54) is 5.56 Å². The maximum absolute atomic E-state index is 11.1. The van der Waals surface area contributed by atoms with Crippen LogP contribution in [0.1, 0.15) is 31.2 Å². The van der Waals surface area contributed by atoms with Crippen LogP contribution in [-0.2, 0) is 6.54 Å². The van der Waals surface area contributed by atoms with Crippen molar-refractivity contribution in [1.29, 1.82) is 0 Å². The second-order valence-corrected chi connectivity index (χ2v) is 5.11. The van der Waals surface area contributed by atoms with Gasteiger partial charge in [-0.05, 0) is 25.5 Å². The minimum atomic E-state index is -0.396. The Bertz CT molecular complexity index is 394. The van der Waals surface area contributed by atoms with Crippen LogP contribution in [0.3, 0.4) is 0 Å². The first kappa shape index (κ1) is 13.0. The summed E-state index contributed by atoms with van der Waals surface area (Å²) in [6, 6.07) is 9.83. The van der Waals surface area contributed by atoms with E-state index in [-0.39, 0.29) is 11.0 Å². The Hall–Kier alpha value is -1.42. The topological polar surface area (TPSA) is 46.4 Å². The van der Waals surface area contributed by atoms with Gasteiger partial charge in [-0.15, -0.1) is 0 Å². The molecule has 4 heteroatoms. The molecule has 1 saturated carbocycles. The van der Waals surface area contributed by atoms with Gasteiger partial charge in [-0.1, -0.05) is 36.8 Å². The highest BCUT2D eigenvalue weighted by Crippen LogP contribution is 2.25. The Morgan fingerprint density at radius 1 is 1.28 bits per heavy atom. The van der Waals surface area contributed by atoms with Crippen molar-refractivity contribution in [2.24, 2.45) is 0 Å². The minimum Gasteiger partial charge on any atom is -0.293 e. The highest BCUT2D eigenvalue weighted by molar-refractivity contribution is 5.14. The lowest BCUT2D eigenvalue weighted by Crippen LogP contribution is -2.46. The summed E-state index contributed by atoms with van der Waals surface area (Å²) in [5.41, 5.74) is 1.22. The molecular weight excluding hydrogens is 228 g/mol. The van der Waals surface area contributed by atoms with Crippen molar-refractivity contribution in [3.05, 3.63) is 46.0 Å².